The van der Waals surface area contributed by atoms with Crippen molar-refractivity contribution >= 4 is 17.2 Å². The van der Waals surface area contributed by atoms with Gasteiger partial charge in [-0.1, -0.05) is 6.07 Å². The van der Waals surface area contributed by atoms with Gasteiger partial charge in [0.25, 0.3) is 0 Å². The number of carbonyl (C=O) groups excluding carboxylic acids is 1. The molecule has 6 heteroatoms. The molecular formula is C15H24N2O3S. The summed E-state index contributed by atoms with van der Waals surface area (Å²) in [5.41, 5.74) is 0. The first kappa shape index (κ1) is 16.4. The van der Waals surface area contributed by atoms with Crippen molar-refractivity contribution in [3.8, 4) is 0 Å². The maximum atomic E-state index is 11.9. The number of likely N-dealkylation sites (tertiary alicyclic amines) is 1. The first-order valence-electron chi connectivity index (χ1n) is 7.52. The molecule has 2 rings (SSSR count). The Morgan fingerprint density at radius 1 is 1.43 bits per heavy atom. The van der Waals surface area contributed by atoms with Crippen LogP contribution in [0.15, 0.2) is 17.5 Å². The smallest absolute Gasteiger partial charge is 0.236 e. The van der Waals surface area contributed by atoms with Crippen LogP contribution in [0, 0.1) is 0 Å². The van der Waals surface area contributed by atoms with Gasteiger partial charge in [-0.05, 0) is 30.7 Å². The number of aliphatic hydroxyl groups excluding tert-OH is 1. The van der Waals surface area contributed by atoms with E-state index in [9.17, 15) is 9.90 Å². The molecule has 1 aliphatic rings. The second kappa shape index (κ2) is 9.15. The number of hydrogen-bond donors (Lipinski definition) is 2. The zero-order valence-corrected chi connectivity index (χ0v) is 13.1. The lowest BCUT2D eigenvalue weighted by Gasteiger charge is -2.27. The molecule has 1 amide bonds. The summed E-state index contributed by atoms with van der Waals surface area (Å²) >= 11 is 1.64. The third-order valence-electron chi connectivity index (χ3n) is 3.50. The largest absolute Gasteiger partial charge is 0.389 e. The number of nitrogens with one attached hydrogen (secondary N) is 1. The van der Waals surface area contributed by atoms with Crippen LogP contribution in [-0.4, -0.2) is 54.8 Å². The van der Waals surface area contributed by atoms with Crippen LogP contribution in [0.25, 0.3) is 0 Å². The minimum Gasteiger partial charge on any atom is -0.389 e. The van der Waals surface area contributed by atoms with E-state index in [1.165, 1.54) is 6.42 Å². The van der Waals surface area contributed by atoms with E-state index in [1.54, 1.807) is 11.3 Å². The summed E-state index contributed by atoms with van der Waals surface area (Å²) in [6.45, 7) is 3.22. The fourth-order valence-electron chi connectivity index (χ4n) is 2.35. The Balaban J connectivity index is 1.52. The van der Waals surface area contributed by atoms with Gasteiger partial charge in [0.2, 0.25) is 5.91 Å². The quantitative estimate of drug-likeness (QED) is 0.758. The summed E-state index contributed by atoms with van der Waals surface area (Å²) in [7, 11) is 0. The van der Waals surface area contributed by atoms with Crippen LogP contribution in [-0.2, 0) is 16.1 Å². The number of aliphatic hydroxyl groups is 1. The van der Waals surface area contributed by atoms with Gasteiger partial charge in [0, 0.05) is 24.5 Å². The van der Waals surface area contributed by atoms with Crippen molar-refractivity contribution in [2.75, 3.05) is 32.8 Å². The van der Waals surface area contributed by atoms with Crippen molar-refractivity contribution in [1.82, 2.24) is 10.2 Å². The lowest BCUT2D eigenvalue weighted by molar-refractivity contribution is -0.131. The standard InChI is InChI=1S/C15H24N2O3S/c18-13(11-20-12-14-5-4-8-21-14)9-16-10-15(19)17-6-2-1-3-7-17/h4-5,8,13,16,18H,1-3,6-7,9-12H2. The number of piperidine rings is 1. The summed E-state index contributed by atoms with van der Waals surface area (Å²) in [6.07, 6.45) is 2.84. The van der Waals surface area contributed by atoms with Crippen molar-refractivity contribution in [2.45, 2.75) is 32.0 Å². The highest BCUT2D eigenvalue weighted by Crippen LogP contribution is 2.10. The Morgan fingerprint density at radius 2 is 2.24 bits per heavy atom. The molecule has 0 spiro atoms. The van der Waals surface area contributed by atoms with Crippen LogP contribution in [0.2, 0.25) is 0 Å². The van der Waals surface area contributed by atoms with Gasteiger partial charge in [0.15, 0.2) is 0 Å². The average molecular weight is 312 g/mol. The highest BCUT2D eigenvalue weighted by molar-refractivity contribution is 7.09. The molecule has 1 unspecified atom stereocenters. The molecule has 0 bridgehead atoms. The lowest BCUT2D eigenvalue weighted by atomic mass is 10.1. The van der Waals surface area contributed by atoms with Crippen LogP contribution < -0.4 is 5.32 Å². The molecule has 1 atom stereocenters. The Hall–Kier alpha value is -0.950. The van der Waals surface area contributed by atoms with E-state index in [0.717, 1.165) is 30.8 Å². The van der Waals surface area contributed by atoms with Gasteiger partial charge in [-0.25, -0.2) is 0 Å². The molecule has 0 aliphatic carbocycles. The summed E-state index contributed by atoms with van der Waals surface area (Å²) < 4.78 is 5.44. The zero-order valence-electron chi connectivity index (χ0n) is 12.3. The molecular weight excluding hydrogens is 288 g/mol. The van der Waals surface area contributed by atoms with E-state index in [4.69, 9.17) is 4.74 Å². The monoisotopic (exact) mass is 312 g/mol. The van der Waals surface area contributed by atoms with E-state index in [2.05, 4.69) is 5.32 Å². The molecule has 0 radical (unpaired) electrons. The van der Waals surface area contributed by atoms with Crippen LogP contribution in [0.1, 0.15) is 24.1 Å². The summed E-state index contributed by atoms with van der Waals surface area (Å²) in [6, 6.07) is 3.99. The maximum absolute atomic E-state index is 11.9. The Morgan fingerprint density at radius 3 is 2.95 bits per heavy atom. The van der Waals surface area contributed by atoms with Gasteiger partial charge in [0.05, 0.1) is 25.9 Å². The highest BCUT2D eigenvalue weighted by Gasteiger charge is 2.16. The molecule has 2 N–H and O–H groups in total. The highest BCUT2D eigenvalue weighted by atomic mass is 32.1. The second-order valence-electron chi connectivity index (χ2n) is 5.32. The van der Waals surface area contributed by atoms with Crippen LogP contribution in [0.5, 0.6) is 0 Å². The SMILES string of the molecule is O=C(CNCC(O)COCc1cccs1)N1CCCCC1. The van der Waals surface area contributed by atoms with Gasteiger partial charge < -0.3 is 20.1 Å². The van der Waals surface area contributed by atoms with Gasteiger partial charge in [-0.2, -0.15) is 0 Å². The molecule has 0 saturated carbocycles. The van der Waals surface area contributed by atoms with E-state index in [-0.39, 0.29) is 12.5 Å². The number of nitrogens with zero attached hydrogens (tertiary/aromatic N) is 1. The lowest BCUT2D eigenvalue weighted by Crippen LogP contribution is -2.43. The predicted molar refractivity (Wildman–Crippen MR) is 83.3 cm³/mol. The average Bonchev–Trinajstić information content (AvgIpc) is 3.01. The van der Waals surface area contributed by atoms with Crippen molar-refractivity contribution < 1.29 is 14.6 Å². The van der Waals surface area contributed by atoms with Gasteiger partial charge in [-0.15, -0.1) is 11.3 Å². The van der Waals surface area contributed by atoms with E-state index >= 15 is 0 Å². The molecule has 1 saturated heterocycles. The minimum absolute atomic E-state index is 0.126. The van der Waals surface area contributed by atoms with E-state index < -0.39 is 6.10 Å². The van der Waals surface area contributed by atoms with Gasteiger partial charge in [-0.3, -0.25) is 4.79 Å². The zero-order chi connectivity index (χ0) is 14.9. The number of amides is 1. The molecule has 1 aromatic rings. The van der Waals surface area contributed by atoms with Crippen LogP contribution in [0.3, 0.4) is 0 Å². The maximum Gasteiger partial charge on any atom is 0.236 e. The number of carbonyl (C=O) groups is 1. The molecule has 0 aromatic carbocycles. The van der Waals surface area contributed by atoms with Gasteiger partial charge in [0.1, 0.15) is 0 Å². The van der Waals surface area contributed by atoms with Crippen molar-refractivity contribution in [3.05, 3.63) is 22.4 Å². The normalized spacial score (nSPS) is 16.9. The fraction of sp³-hybridized carbons (Fsp3) is 0.667. The fourth-order valence-corrected chi connectivity index (χ4v) is 2.99. The predicted octanol–water partition coefficient (Wildman–Crippen LogP) is 1.23. The molecule has 1 aromatic heterocycles. The summed E-state index contributed by atoms with van der Waals surface area (Å²) in [5, 5.41) is 14.8. The Bertz CT molecular complexity index is 405. The summed E-state index contributed by atoms with van der Waals surface area (Å²) in [4.78, 5) is 14.9. The van der Waals surface area contributed by atoms with Crippen molar-refractivity contribution in [1.29, 1.82) is 0 Å². The molecule has 21 heavy (non-hydrogen) atoms. The number of hydrogen-bond acceptors (Lipinski definition) is 5. The van der Waals surface area contributed by atoms with Crippen molar-refractivity contribution in [3.63, 3.8) is 0 Å². The molecule has 2 heterocycles. The topological polar surface area (TPSA) is 61.8 Å². The molecule has 1 fully saturated rings. The molecule has 1 aliphatic heterocycles. The number of rotatable bonds is 8. The number of ether oxygens (including phenoxy) is 1. The van der Waals surface area contributed by atoms with Crippen molar-refractivity contribution in [2.24, 2.45) is 0 Å². The number of thiophene rings is 1. The van der Waals surface area contributed by atoms with E-state index in [0.29, 0.717) is 19.7 Å². The molecule has 5 nitrogen and oxygen atoms in total. The second-order valence-corrected chi connectivity index (χ2v) is 6.35. The third-order valence-corrected chi connectivity index (χ3v) is 4.35. The third kappa shape index (κ3) is 6.13. The first-order valence-corrected chi connectivity index (χ1v) is 8.40. The minimum atomic E-state index is -0.584. The molecule has 118 valence electrons. The van der Waals surface area contributed by atoms with Gasteiger partial charge >= 0.3 is 0 Å². The van der Waals surface area contributed by atoms with E-state index in [1.807, 2.05) is 22.4 Å². The first-order chi connectivity index (χ1) is 10.3. The Labute approximate surface area is 129 Å². The van der Waals surface area contributed by atoms with Crippen LogP contribution >= 0.6 is 11.3 Å². The van der Waals surface area contributed by atoms with Crippen LogP contribution in [0.4, 0.5) is 0 Å². The Kier molecular flexibility index (Phi) is 7.15. The summed E-state index contributed by atoms with van der Waals surface area (Å²) in [5.74, 6) is 0.126.